The SMILES string of the molecule is O=C(O)c1cc(O)c(O)c(O)c1.[NaH]. The normalized spacial score (nSPS) is 8.92. The summed E-state index contributed by atoms with van der Waals surface area (Å²) in [5.41, 5.74) is -0.289. The number of phenols is 3. The summed E-state index contributed by atoms with van der Waals surface area (Å²) in [5.74, 6) is -3.33. The molecule has 5 nitrogen and oxygen atoms in total. The van der Waals surface area contributed by atoms with Crippen LogP contribution in [0.4, 0.5) is 0 Å². The van der Waals surface area contributed by atoms with Crippen molar-refractivity contribution in [2.45, 2.75) is 0 Å². The third-order valence-electron chi connectivity index (χ3n) is 1.32. The van der Waals surface area contributed by atoms with Crippen LogP contribution in [-0.2, 0) is 0 Å². The van der Waals surface area contributed by atoms with Crippen molar-refractivity contribution >= 4 is 35.5 Å². The molecular weight excluding hydrogens is 187 g/mol. The zero-order valence-electron chi connectivity index (χ0n) is 5.85. The van der Waals surface area contributed by atoms with Gasteiger partial charge >= 0.3 is 35.5 Å². The molecular formula is C7H7NaO5. The van der Waals surface area contributed by atoms with E-state index in [1.807, 2.05) is 0 Å². The summed E-state index contributed by atoms with van der Waals surface area (Å²) in [6.45, 7) is 0. The van der Waals surface area contributed by atoms with Crippen molar-refractivity contribution in [3.8, 4) is 17.2 Å². The molecule has 0 aliphatic rings. The van der Waals surface area contributed by atoms with Gasteiger partial charge in [-0.25, -0.2) is 4.79 Å². The molecule has 0 aliphatic heterocycles. The minimum absolute atomic E-state index is 0. The Hall–Kier alpha value is -0.910. The number of carboxylic acid groups (broad SMARTS) is 1. The molecule has 0 saturated heterocycles. The van der Waals surface area contributed by atoms with Gasteiger partial charge in [0.2, 0.25) is 0 Å². The van der Waals surface area contributed by atoms with E-state index in [2.05, 4.69) is 0 Å². The Labute approximate surface area is 95.5 Å². The van der Waals surface area contributed by atoms with Crippen LogP contribution < -0.4 is 0 Å². The second kappa shape index (κ2) is 4.36. The number of aromatic hydroxyl groups is 3. The third-order valence-corrected chi connectivity index (χ3v) is 1.32. The van der Waals surface area contributed by atoms with Crippen molar-refractivity contribution in [3.05, 3.63) is 17.7 Å². The fourth-order valence-electron chi connectivity index (χ4n) is 0.728. The molecule has 1 aromatic carbocycles. The predicted molar refractivity (Wildman–Crippen MR) is 45.5 cm³/mol. The van der Waals surface area contributed by atoms with Crippen LogP contribution in [0.25, 0.3) is 0 Å². The number of hydrogen-bond acceptors (Lipinski definition) is 4. The standard InChI is InChI=1S/C7H6O5.Na.H/c8-4-1-3(7(11)12)2-5(9)6(4)10;;/h1-2,8-10H,(H,11,12);;. The summed E-state index contributed by atoms with van der Waals surface area (Å²) < 4.78 is 0. The van der Waals surface area contributed by atoms with E-state index in [1.54, 1.807) is 0 Å². The number of benzene rings is 1. The van der Waals surface area contributed by atoms with Crippen molar-refractivity contribution in [1.82, 2.24) is 0 Å². The quantitative estimate of drug-likeness (QED) is 0.368. The zero-order valence-corrected chi connectivity index (χ0v) is 5.85. The summed E-state index contributed by atoms with van der Waals surface area (Å²) in [5, 5.41) is 35.0. The first-order valence-corrected chi connectivity index (χ1v) is 3.00. The van der Waals surface area contributed by atoms with Gasteiger partial charge in [0, 0.05) is 0 Å². The average molecular weight is 194 g/mol. The summed E-state index contributed by atoms with van der Waals surface area (Å²) in [7, 11) is 0. The van der Waals surface area contributed by atoms with Gasteiger partial charge in [-0.05, 0) is 12.1 Å². The number of aromatic carboxylic acids is 1. The van der Waals surface area contributed by atoms with Crippen LogP contribution in [-0.4, -0.2) is 56.0 Å². The van der Waals surface area contributed by atoms with Crippen molar-refractivity contribution in [1.29, 1.82) is 0 Å². The monoisotopic (exact) mass is 194 g/mol. The molecule has 0 aromatic heterocycles. The van der Waals surface area contributed by atoms with Crippen LogP contribution in [0.2, 0.25) is 0 Å². The first-order valence-electron chi connectivity index (χ1n) is 3.00. The maximum atomic E-state index is 10.3. The number of phenolic OH excluding ortho intramolecular Hbond substituents is 3. The van der Waals surface area contributed by atoms with Crippen LogP contribution in [0.3, 0.4) is 0 Å². The predicted octanol–water partition coefficient (Wildman–Crippen LogP) is -0.147. The van der Waals surface area contributed by atoms with Crippen molar-refractivity contribution in [2.24, 2.45) is 0 Å². The average Bonchev–Trinajstić information content (AvgIpc) is 1.99. The van der Waals surface area contributed by atoms with Gasteiger partial charge in [-0.15, -0.1) is 0 Å². The third kappa shape index (κ3) is 2.51. The van der Waals surface area contributed by atoms with Crippen molar-refractivity contribution in [2.75, 3.05) is 0 Å². The zero-order chi connectivity index (χ0) is 9.30. The van der Waals surface area contributed by atoms with E-state index in [0.717, 1.165) is 12.1 Å². The second-order valence-electron chi connectivity index (χ2n) is 2.17. The van der Waals surface area contributed by atoms with Gasteiger partial charge in [-0.3, -0.25) is 0 Å². The van der Waals surface area contributed by atoms with Crippen molar-refractivity contribution in [3.63, 3.8) is 0 Å². The molecule has 0 spiro atoms. The maximum absolute atomic E-state index is 10.3. The molecule has 0 bridgehead atoms. The van der Waals surface area contributed by atoms with E-state index in [9.17, 15) is 4.79 Å². The fraction of sp³-hybridized carbons (Fsp3) is 0. The molecule has 0 amide bonds. The first kappa shape index (κ1) is 12.1. The number of carbonyl (C=O) groups is 1. The molecule has 6 heteroatoms. The van der Waals surface area contributed by atoms with E-state index >= 15 is 0 Å². The van der Waals surface area contributed by atoms with Gasteiger partial charge in [-0.2, -0.15) is 0 Å². The van der Waals surface area contributed by atoms with E-state index in [4.69, 9.17) is 20.4 Å². The summed E-state index contributed by atoms with van der Waals surface area (Å²) in [6.07, 6.45) is 0. The van der Waals surface area contributed by atoms with Crippen LogP contribution in [0.15, 0.2) is 12.1 Å². The molecule has 13 heavy (non-hydrogen) atoms. The Morgan fingerprint density at radius 1 is 1.08 bits per heavy atom. The number of hydrogen-bond donors (Lipinski definition) is 4. The van der Waals surface area contributed by atoms with E-state index < -0.39 is 23.2 Å². The summed E-state index contributed by atoms with van der Waals surface area (Å²) in [6, 6.07) is 1.69. The molecule has 66 valence electrons. The Bertz CT molecular complexity index is 313. The Morgan fingerprint density at radius 3 is 1.77 bits per heavy atom. The van der Waals surface area contributed by atoms with Gasteiger partial charge in [0.25, 0.3) is 0 Å². The van der Waals surface area contributed by atoms with Gasteiger partial charge in [-0.1, -0.05) is 0 Å². The minimum atomic E-state index is -1.29. The molecule has 4 N–H and O–H groups in total. The van der Waals surface area contributed by atoms with E-state index in [0.29, 0.717) is 0 Å². The van der Waals surface area contributed by atoms with Crippen LogP contribution in [0.5, 0.6) is 17.2 Å². The molecule has 0 radical (unpaired) electrons. The van der Waals surface area contributed by atoms with Crippen LogP contribution in [0, 0.1) is 0 Å². The molecule has 1 aromatic rings. The second-order valence-corrected chi connectivity index (χ2v) is 2.17. The van der Waals surface area contributed by atoms with Gasteiger partial charge in [0.05, 0.1) is 5.56 Å². The number of carboxylic acids is 1. The van der Waals surface area contributed by atoms with E-state index in [-0.39, 0.29) is 35.1 Å². The Morgan fingerprint density at radius 2 is 1.46 bits per heavy atom. The van der Waals surface area contributed by atoms with Crippen LogP contribution >= 0.6 is 0 Å². The van der Waals surface area contributed by atoms with Gasteiger partial charge < -0.3 is 20.4 Å². The topological polar surface area (TPSA) is 98.0 Å². The van der Waals surface area contributed by atoms with Crippen LogP contribution in [0.1, 0.15) is 10.4 Å². The van der Waals surface area contributed by atoms with E-state index in [1.165, 1.54) is 0 Å². The Kier molecular flexibility index (Phi) is 4.06. The molecule has 0 saturated carbocycles. The molecule has 0 unspecified atom stereocenters. The van der Waals surface area contributed by atoms with Gasteiger partial charge in [0.15, 0.2) is 17.2 Å². The first-order chi connectivity index (χ1) is 5.52. The molecule has 0 heterocycles. The number of rotatable bonds is 1. The van der Waals surface area contributed by atoms with Gasteiger partial charge in [0.1, 0.15) is 0 Å². The Balaban J connectivity index is 0.00000144. The molecule has 0 fully saturated rings. The molecule has 0 atom stereocenters. The summed E-state index contributed by atoms with van der Waals surface area (Å²) in [4.78, 5) is 10.3. The molecule has 1 rings (SSSR count). The summed E-state index contributed by atoms with van der Waals surface area (Å²) >= 11 is 0. The molecule has 0 aliphatic carbocycles. The van der Waals surface area contributed by atoms with Crippen molar-refractivity contribution < 1.29 is 25.2 Å². The fourth-order valence-corrected chi connectivity index (χ4v) is 0.728.